The number of likely N-dealkylation sites (tertiary alicyclic amines) is 1. The van der Waals surface area contributed by atoms with Gasteiger partial charge in [0.25, 0.3) is 0 Å². The van der Waals surface area contributed by atoms with E-state index in [0.717, 1.165) is 25.2 Å². The highest BCUT2D eigenvalue weighted by Crippen LogP contribution is 2.07. The maximum absolute atomic E-state index is 11.8. The lowest BCUT2D eigenvalue weighted by Gasteiger charge is -2.12. The van der Waals surface area contributed by atoms with Crippen molar-refractivity contribution in [3.63, 3.8) is 0 Å². The van der Waals surface area contributed by atoms with Gasteiger partial charge < -0.3 is 9.32 Å². The summed E-state index contributed by atoms with van der Waals surface area (Å²) in [6.07, 6.45) is 3.08. The largest absolute Gasteiger partial charge is 0.437 e. The molecule has 2 heterocycles. The quantitative estimate of drug-likeness (QED) is 0.829. The molecular formula is C15H19N3O2. The predicted molar refractivity (Wildman–Crippen MR) is 75.7 cm³/mol. The first kappa shape index (κ1) is 13.1. The summed E-state index contributed by atoms with van der Waals surface area (Å²) in [6, 6.07) is 9.91. The molecule has 0 radical (unpaired) electrons. The summed E-state index contributed by atoms with van der Waals surface area (Å²) in [4.78, 5) is 14.1. The van der Waals surface area contributed by atoms with Crippen molar-refractivity contribution in [2.45, 2.75) is 25.8 Å². The molecule has 0 spiro atoms. The van der Waals surface area contributed by atoms with Crippen LogP contribution in [0.1, 0.15) is 24.3 Å². The van der Waals surface area contributed by atoms with Gasteiger partial charge in [0.2, 0.25) is 5.89 Å². The van der Waals surface area contributed by atoms with E-state index in [0.29, 0.717) is 18.9 Å². The second-order valence-corrected chi connectivity index (χ2v) is 5.20. The Balaban J connectivity index is 1.63. The second kappa shape index (κ2) is 6.05. The highest BCUT2D eigenvalue weighted by atomic mass is 16.4. The monoisotopic (exact) mass is 273 g/mol. The molecule has 1 fully saturated rings. The van der Waals surface area contributed by atoms with Gasteiger partial charge in [-0.3, -0.25) is 0 Å². The molecule has 0 atom stereocenters. The van der Waals surface area contributed by atoms with Crippen molar-refractivity contribution in [2.24, 2.45) is 0 Å². The number of aromatic nitrogens is 2. The highest BCUT2D eigenvalue weighted by molar-refractivity contribution is 5.17. The first-order valence-corrected chi connectivity index (χ1v) is 7.14. The Morgan fingerprint density at radius 3 is 2.60 bits per heavy atom. The molecule has 2 aromatic rings. The van der Waals surface area contributed by atoms with E-state index in [1.54, 1.807) is 0 Å². The molecule has 0 unspecified atom stereocenters. The van der Waals surface area contributed by atoms with E-state index >= 15 is 0 Å². The summed E-state index contributed by atoms with van der Waals surface area (Å²) in [5.41, 5.74) is 1.10. The van der Waals surface area contributed by atoms with E-state index in [9.17, 15) is 4.79 Å². The van der Waals surface area contributed by atoms with E-state index < -0.39 is 0 Å². The average Bonchev–Trinajstić information content (AvgIpc) is 3.08. The molecule has 1 saturated heterocycles. The lowest BCUT2D eigenvalue weighted by Crippen LogP contribution is -2.28. The van der Waals surface area contributed by atoms with Crippen LogP contribution in [0, 0.1) is 0 Å². The molecule has 106 valence electrons. The highest BCUT2D eigenvalue weighted by Gasteiger charge is 2.13. The molecule has 20 heavy (non-hydrogen) atoms. The van der Waals surface area contributed by atoms with Crippen LogP contribution < -0.4 is 5.76 Å². The minimum Gasteiger partial charge on any atom is -0.392 e. The number of hydrogen-bond acceptors (Lipinski definition) is 4. The summed E-state index contributed by atoms with van der Waals surface area (Å²) in [6.45, 7) is 3.74. The van der Waals surface area contributed by atoms with Crippen molar-refractivity contribution in [3.05, 3.63) is 52.3 Å². The maximum atomic E-state index is 11.8. The Kier molecular flexibility index (Phi) is 3.97. The predicted octanol–water partition coefficient (Wildman–Crippen LogP) is 1.52. The summed E-state index contributed by atoms with van der Waals surface area (Å²) >= 11 is 0. The molecule has 1 aliphatic heterocycles. The molecule has 1 aromatic carbocycles. The molecule has 1 aromatic heterocycles. The van der Waals surface area contributed by atoms with Crippen LogP contribution in [0.25, 0.3) is 0 Å². The Labute approximate surface area is 117 Å². The number of benzene rings is 1. The SMILES string of the molecule is O=c1oc(Cc2ccccc2)nn1CCN1CCCC1. The van der Waals surface area contributed by atoms with Crippen LogP contribution in [-0.2, 0) is 13.0 Å². The lowest BCUT2D eigenvalue weighted by atomic mass is 10.2. The van der Waals surface area contributed by atoms with Crippen LogP contribution in [0.4, 0.5) is 0 Å². The zero-order valence-electron chi connectivity index (χ0n) is 11.5. The summed E-state index contributed by atoms with van der Waals surface area (Å²) < 4.78 is 6.65. The van der Waals surface area contributed by atoms with E-state index in [2.05, 4.69) is 10.00 Å². The van der Waals surface area contributed by atoms with Gasteiger partial charge in [0, 0.05) is 6.54 Å². The van der Waals surface area contributed by atoms with Gasteiger partial charge in [-0.25, -0.2) is 4.79 Å². The van der Waals surface area contributed by atoms with Gasteiger partial charge in [0.15, 0.2) is 0 Å². The lowest BCUT2D eigenvalue weighted by molar-refractivity contribution is 0.309. The van der Waals surface area contributed by atoms with Gasteiger partial charge in [-0.2, -0.15) is 4.68 Å². The fraction of sp³-hybridized carbons (Fsp3) is 0.467. The Hall–Kier alpha value is -1.88. The minimum atomic E-state index is -0.352. The van der Waals surface area contributed by atoms with Crippen molar-refractivity contribution in [1.82, 2.24) is 14.7 Å². The van der Waals surface area contributed by atoms with Crippen molar-refractivity contribution in [3.8, 4) is 0 Å². The third-order valence-corrected chi connectivity index (χ3v) is 3.67. The topological polar surface area (TPSA) is 51.3 Å². The van der Waals surface area contributed by atoms with E-state index in [1.807, 2.05) is 30.3 Å². The fourth-order valence-corrected chi connectivity index (χ4v) is 2.57. The van der Waals surface area contributed by atoms with Crippen molar-refractivity contribution in [2.75, 3.05) is 19.6 Å². The number of rotatable bonds is 5. The van der Waals surface area contributed by atoms with Gasteiger partial charge in [0.1, 0.15) is 0 Å². The first-order valence-electron chi connectivity index (χ1n) is 7.14. The van der Waals surface area contributed by atoms with Gasteiger partial charge in [-0.05, 0) is 31.5 Å². The smallest absolute Gasteiger partial charge is 0.392 e. The van der Waals surface area contributed by atoms with Crippen molar-refractivity contribution >= 4 is 0 Å². The molecule has 0 bridgehead atoms. The third-order valence-electron chi connectivity index (χ3n) is 3.67. The Morgan fingerprint density at radius 1 is 1.10 bits per heavy atom. The van der Waals surface area contributed by atoms with Crippen LogP contribution >= 0.6 is 0 Å². The fourth-order valence-electron chi connectivity index (χ4n) is 2.57. The molecule has 0 saturated carbocycles. The average molecular weight is 273 g/mol. The van der Waals surface area contributed by atoms with E-state index in [1.165, 1.54) is 17.5 Å². The van der Waals surface area contributed by atoms with Crippen LogP contribution in [0.2, 0.25) is 0 Å². The van der Waals surface area contributed by atoms with Gasteiger partial charge in [0.05, 0.1) is 13.0 Å². The molecule has 0 aliphatic carbocycles. The zero-order chi connectivity index (χ0) is 13.8. The van der Waals surface area contributed by atoms with Crippen LogP contribution in [0.3, 0.4) is 0 Å². The Morgan fingerprint density at radius 2 is 1.85 bits per heavy atom. The normalized spacial score (nSPS) is 15.8. The minimum absolute atomic E-state index is 0.352. The van der Waals surface area contributed by atoms with Crippen LogP contribution in [-0.4, -0.2) is 34.3 Å². The standard InChI is InChI=1S/C15H19N3O2/c19-15-18(11-10-17-8-4-5-9-17)16-14(20-15)12-13-6-2-1-3-7-13/h1-3,6-7H,4-5,8-12H2. The molecule has 5 nitrogen and oxygen atoms in total. The van der Waals surface area contributed by atoms with E-state index in [4.69, 9.17) is 4.42 Å². The molecule has 5 heteroatoms. The third kappa shape index (κ3) is 3.17. The van der Waals surface area contributed by atoms with Gasteiger partial charge in [-0.15, -0.1) is 5.10 Å². The summed E-state index contributed by atoms with van der Waals surface area (Å²) in [5.74, 6) is 0.137. The molecule has 3 rings (SSSR count). The molecule has 1 aliphatic rings. The van der Waals surface area contributed by atoms with Gasteiger partial charge in [-0.1, -0.05) is 30.3 Å². The van der Waals surface area contributed by atoms with Gasteiger partial charge >= 0.3 is 5.76 Å². The van der Waals surface area contributed by atoms with Crippen molar-refractivity contribution < 1.29 is 4.42 Å². The molecule has 0 amide bonds. The number of hydrogen-bond donors (Lipinski definition) is 0. The second-order valence-electron chi connectivity index (χ2n) is 5.20. The Bertz CT molecular complexity index is 597. The summed E-state index contributed by atoms with van der Waals surface area (Å²) in [5, 5.41) is 4.28. The van der Waals surface area contributed by atoms with Crippen molar-refractivity contribution in [1.29, 1.82) is 0 Å². The first-order chi connectivity index (χ1) is 9.81. The van der Waals surface area contributed by atoms with Crippen LogP contribution in [0.15, 0.2) is 39.5 Å². The molecular weight excluding hydrogens is 254 g/mol. The maximum Gasteiger partial charge on any atom is 0.437 e. The zero-order valence-corrected chi connectivity index (χ0v) is 11.5. The number of nitrogens with zero attached hydrogens (tertiary/aromatic N) is 3. The molecule has 0 N–H and O–H groups in total. The summed E-state index contributed by atoms with van der Waals surface area (Å²) in [7, 11) is 0. The van der Waals surface area contributed by atoms with Crippen LogP contribution in [0.5, 0.6) is 0 Å². The van der Waals surface area contributed by atoms with E-state index in [-0.39, 0.29) is 5.76 Å².